The van der Waals surface area contributed by atoms with Gasteiger partial charge in [-0.15, -0.1) is 0 Å². The molecule has 148 valence electrons. The lowest BCUT2D eigenvalue weighted by molar-refractivity contribution is -0.166. The maximum atomic E-state index is 12.4. The summed E-state index contributed by atoms with van der Waals surface area (Å²) in [4.78, 5) is 0. The van der Waals surface area contributed by atoms with Crippen LogP contribution in [0.3, 0.4) is 0 Å². The fourth-order valence-corrected chi connectivity index (χ4v) is 4.87. The largest absolute Gasteiger partial charge is 0.381 e. The second-order valence-corrected chi connectivity index (χ2v) is 8.14. The van der Waals surface area contributed by atoms with Crippen LogP contribution in [0.25, 0.3) is 11.1 Å². The van der Waals surface area contributed by atoms with E-state index in [1.54, 1.807) is 0 Å². The zero-order chi connectivity index (χ0) is 20.6. The van der Waals surface area contributed by atoms with Crippen molar-refractivity contribution in [1.82, 2.24) is 0 Å². The van der Waals surface area contributed by atoms with E-state index in [1.807, 2.05) is 109 Å². The van der Waals surface area contributed by atoms with Crippen molar-refractivity contribution in [2.45, 2.75) is 24.0 Å². The topological polar surface area (TPSA) is 40.5 Å². The molecule has 30 heavy (non-hydrogen) atoms. The minimum absolute atomic E-state index is 0.322. The van der Waals surface area contributed by atoms with Gasteiger partial charge in [0.2, 0.25) is 0 Å². The van der Waals surface area contributed by atoms with Gasteiger partial charge in [-0.3, -0.25) is 0 Å². The molecule has 0 unspecified atom stereocenters. The van der Waals surface area contributed by atoms with Gasteiger partial charge in [-0.1, -0.05) is 109 Å². The van der Waals surface area contributed by atoms with Gasteiger partial charge in [0.1, 0.15) is 11.2 Å². The summed E-state index contributed by atoms with van der Waals surface area (Å²) in [5.41, 5.74) is 2.51. The van der Waals surface area contributed by atoms with Gasteiger partial charge in [0.05, 0.1) is 0 Å². The Bertz CT molecular complexity index is 1070. The molecular weight excluding hydrogens is 368 g/mol. The van der Waals surface area contributed by atoms with E-state index in [4.69, 9.17) is 0 Å². The van der Waals surface area contributed by atoms with E-state index >= 15 is 0 Å². The lowest BCUT2D eigenvalue weighted by atomic mass is 9.61. The Morgan fingerprint density at radius 1 is 0.433 bits per heavy atom. The van der Waals surface area contributed by atoms with E-state index in [0.717, 1.165) is 33.4 Å². The minimum atomic E-state index is -1.48. The summed E-state index contributed by atoms with van der Waals surface area (Å²) in [5.74, 6) is 0. The highest BCUT2D eigenvalue weighted by molar-refractivity contribution is 5.77. The van der Waals surface area contributed by atoms with Gasteiger partial charge >= 0.3 is 0 Å². The van der Waals surface area contributed by atoms with Crippen LogP contribution in [0.1, 0.15) is 22.3 Å². The van der Waals surface area contributed by atoms with Crippen LogP contribution >= 0.6 is 0 Å². The van der Waals surface area contributed by atoms with Crippen molar-refractivity contribution >= 4 is 0 Å². The Kier molecular flexibility index (Phi) is 4.54. The SMILES string of the molecule is O[C@]1(Cc2ccccc2)c2ccccc2-c2ccccc2[C@]1(O)Cc1ccccc1. The van der Waals surface area contributed by atoms with Gasteiger partial charge < -0.3 is 10.2 Å². The molecule has 1 aliphatic rings. The quantitative estimate of drug-likeness (QED) is 0.499. The van der Waals surface area contributed by atoms with Crippen LogP contribution in [-0.2, 0) is 24.0 Å². The lowest BCUT2D eigenvalue weighted by Crippen LogP contribution is -2.54. The van der Waals surface area contributed by atoms with Crippen LogP contribution in [0, 0.1) is 0 Å². The first kappa shape index (κ1) is 18.8. The molecule has 4 aromatic rings. The summed E-state index contributed by atoms with van der Waals surface area (Å²) in [5, 5.41) is 24.7. The van der Waals surface area contributed by atoms with Gasteiger partial charge in [0.25, 0.3) is 0 Å². The third-order valence-electron chi connectivity index (χ3n) is 6.33. The lowest BCUT2D eigenvalue weighted by Gasteiger charge is -2.49. The zero-order valence-corrected chi connectivity index (χ0v) is 16.7. The number of aliphatic hydroxyl groups is 2. The van der Waals surface area contributed by atoms with Crippen LogP contribution < -0.4 is 0 Å². The molecule has 0 fully saturated rings. The van der Waals surface area contributed by atoms with Gasteiger partial charge in [0, 0.05) is 12.8 Å². The summed E-state index contributed by atoms with van der Waals surface area (Å²) in [7, 11) is 0. The highest BCUT2D eigenvalue weighted by atomic mass is 16.4. The van der Waals surface area contributed by atoms with Crippen molar-refractivity contribution in [2.24, 2.45) is 0 Å². The third-order valence-corrected chi connectivity index (χ3v) is 6.33. The number of hydrogen-bond acceptors (Lipinski definition) is 2. The van der Waals surface area contributed by atoms with Crippen molar-refractivity contribution in [3.8, 4) is 11.1 Å². The van der Waals surface area contributed by atoms with Gasteiger partial charge in [0.15, 0.2) is 0 Å². The van der Waals surface area contributed by atoms with Gasteiger partial charge in [-0.25, -0.2) is 0 Å². The Morgan fingerprint density at radius 2 is 0.767 bits per heavy atom. The Morgan fingerprint density at radius 3 is 1.17 bits per heavy atom. The molecule has 0 bridgehead atoms. The van der Waals surface area contributed by atoms with Crippen LogP contribution in [0.2, 0.25) is 0 Å². The minimum Gasteiger partial charge on any atom is -0.381 e. The van der Waals surface area contributed by atoms with E-state index in [-0.39, 0.29) is 0 Å². The Labute approximate surface area is 177 Å². The van der Waals surface area contributed by atoms with Crippen molar-refractivity contribution < 1.29 is 10.2 Å². The molecule has 2 heteroatoms. The standard InChI is InChI=1S/C28H24O2/c29-27(19-21-11-3-1-4-12-21)25-17-9-7-15-23(25)24-16-8-10-18-26(24)28(27,30)20-22-13-5-2-6-14-22/h1-18,29-30H,19-20H2/t27-,28-/m1/s1. The van der Waals surface area contributed by atoms with E-state index in [1.165, 1.54) is 0 Å². The van der Waals surface area contributed by atoms with Crippen molar-refractivity contribution in [3.05, 3.63) is 131 Å². The second-order valence-electron chi connectivity index (χ2n) is 8.14. The predicted molar refractivity (Wildman–Crippen MR) is 120 cm³/mol. The molecule has 0 saturated carbocycles. The highest BCUT2D eigenvalue weighted by Gasteiger charge is 2.55. The maximum Gasteiger partial charge on any atom is 0.127 e. The predicted octanol–water partition coefficient (Wildman–Crippen LogP) is 5.23. The number of hydrogen-bond donors (Lipinski definition) is 2. The molecule has 0 amide bonds. The van der Waals surface area contributed by atoms with E-state index in [9.17, 15) is 10.2 Å². The van der Waals surface area contributed by atoms with Crippen LogP contribution in [0.15, 0.2) is 109 Å². The van der Waals surface area contributed by atoms with Crippen LogP contribution in [-0.4, -0.2) is 10.2 Å². The molecule has 0 aliphatic heterocycles. The van der Waals surface area contributed by atoms with Gasteiger partial charge in [-0.2, -0.15) is 0 Å². The summed E-state index contributed by atoms with van der Waals surface area (Å²) < 4.78 is 0. The first-order valence-electron chi connectivity index (χ1n) is 10.3. The van der Waals surface area contributed by atoms with Crippen molar-refractivity contribution in [3.63, 3.8) is 0 Å². The molecule has 2 N–H and O–H groups in total. The first-order chi connectivity index (χ1) is 14.6. The summed E-state index contributed by atoms with van der Waals surface area (Å²) in [6, 6.07) is 35.6. The molecule has 2 atom stereocenters. The smallest absolute Gasteiger partial charge is 0.127 e. The average molecular weight is 392 g/mol. The van der Waals surface area contributed by atoms with E-state index in [0.29, 0.717) is 12.8 Å². The maximum absolute atomic E-state index is 12.4. The normalized spacial score (nSPS) is 22.2. The van der Waals surface area contributed by atoms with Crippen molar-refractivity contribution in [2.75, 3.05) is 0 Å². The molecule has 5 rings (SSSR count). The molecule has 4 aromatic carbocycles. The molecule has 1 aliphatic carbocycles. The van der Waals surface area contributed by atoms with E-state index in [2.05, 4.69) is 0 Å². The molecule has 0 spiro atoms. The highest BCUT2D eigenvalue weighted by Crippen LogP contribution is 2.54. The fraction of sp³-hybridized carbons (Fsp3) is 0.143. The number of fused-ring (bicyclic) bond motifs is 3. The third kappa shape index (κ3) is 2.88. The second kappa shape index (κ2) is 7.24. The molecule has 0 radical (unpaired) electrons. The van der Waals surface area contributed by atoms with Crippen LogP contribution in [0.5, 0.6) is 0 Å². The summed E-state index contributed by atoms with van der Waals surface area (Å²) in [6.45, 7) is 0. The molecule has 2 nitrogen and oxygen atoms in total. The molecule has 0 saturated heterocycles. The number of rotatable bonds is 4. The fourth-order valence-electron chi connectivity index (χ4n) is 4.87. The summed E-state index contributed by atoms with van der Waals surface area (Å²) >= 11 is 0. The Hall–Kier alpha value is -3.20. The summed E-state index contributed by atoms with van der Waals surface area (Å²) in [6.07, 6.45) is 0.644. The van der Waals surface area contributed by atoms with E-state index < -0.39 is 11.2 Å². The monoisotopic (exact) mass is 392 g/mol. The molecule has 0 aromatic heterocycles. The molecular formula is C28H24O2. The van der Waals surface area contributed by atoms with Crippen molar-refractivity contribution in [1.29, 1.82) is 0 Å². The Balaban J connectivity index is 1.76. The van der Waals surface area contributed by atoms with Gasteiger partial charge in [-0.05, 0) is 33.4 Å². The average Bonchev–Trinajstić information content (AvgIpc) is 2.79. The van der Waals surface area contributed by atoms with Crippen LogP contribution in [0.4, 0.5) is 0 Å². The molecule has 0 heterocycles. The zero-order valence-electron chi connectivity index (χ0n) is 16.7. The number of benzene rings is 4. The first-order valence-corrected chi connectivity index (χ1v) is 10.3.